The minimum Gasteiger partial charge on any atom is -0.309 e. The third kappa shape index (κ3) is 4.29. The minimum absolute atomic E-state index is 0.150. The monoisotopic (exact) mass is 671 g/mol. The van der Waals surface area contributed by atoms with Gasteiger partial charge in [0.1, 0.15) is 0 Å². The Hall–Kier alpha value is -6.72. The van der Waals surface area contributed by atoms with Crippen molar-refractivity contribution in [2.24, 2.45) is 0 Å². The summed E-state index contributed by atoms with van der Waals surface area (Å²) in [5.74, 6) is 0. The van der Waals surface area contributed by atoms with Crippen molar-refractivity contribution < 1.29 is 0 Å². The molecule has 10 rings (SSSR count). The summed E-state index contributed by atoms with van der Waals surface area (Å²) in [6, 6.07) is 55.0. The van der Waals surface area contributed by atoms with Gasteiger partial charge in [0.15, 0.2) is 0 Å². The standard InChI is InChI=1S/C47H33N3O2/c1-47(2)40-20-9-6-17-35(40)38-28-39-36-18-7-10-21-42(36)48(44(39)29-41(38)47)33-15-12-16-34(27-33)49-43-22-11-8-19-37(43)45(51)50(46(49)52)32-25-23-31(24-26-32)30-13-4-3-5-14-30/h3-29H,1-2H3. The molecule has 0 spiro atoms. The van der Waals surface area contributed by atoms with Crippen LogP contribution in [-0.2, 0) is 5.41 Å². The van der Waals surface area contributed by atoms with E-state index in [1.807, 2.05) is 84.9 Å². The number of rotatable bonds is 4. The maximum Gasteiger partial charge on any atom is 0.340 e. The van der Waals surface area contributed by atoms with Crippen molar-refractivity contribution in [2.45, 2.75) is 19.3 Å². The highest BCUT2D eigenvalue weighted by Gasteiger charge is 2.36. The van der Waals surface area contributed by atoms with Crippen LogP contribution < -0.4 is 11.2 Å². The van der Waals surface area contributed by atoms with E-state index in [1.54, 1.807) is 10.6 Å². The summed E-state index contributed by atoms with van der Waals surface area (Å²) in [6.07, 6.45) is 0. The zero-order valence-corrected chi connectivity index (χ0v) is 28.7. The third-order valence-corrected chi connectivity index (χ3v) is 10.9. The number of hydrogen-bond acceptors (Lipinski definition) is 2. The number of benzene rings is 7. The highest BCUT2D eigenvalue weighted by atomic mass is 16.2. The van der Waals surface area contributed by atoms with E-state index in [9.17, 15) is 9.59 Å². The lowest BCUT2D eigenvalue weighted by Gasteiger charge is -2.21. The van der Waals surface area contributed by atoms with Crippen LogP contribution in [0.2, 0.25) is 0 Å². The van der Waals surface area contributed by atoms with Gasteiger partial charge in [0.2, 0.25) is 0 Å². The van der Waals surface area contributed by atoms with E-state index < -0.39 is 5.69 Å². The van der Waals surface area contributed by atoms with Gasteiger partial charge in [-0.1, -0.05) is 117 Å². The number of para-hydroxylation sites is 2. The second-order valence-electron chi connectivity index (χ2n) is 14.1. The van der Waals surface area contributed by atoms with Gasteiger partial charge in [-0.2, -0.15) is 0 Å². The normalized spacial score (nSPS) is 13.1. The fourth-order valence-corrected chi connectivity index (χ4v) is 8.38. The van der Waals surface area contributed by atoms with Gasteiger partial charge in [-0.25, -0.2) is 9.36 Å². The molecule has 52 heavy (non-hydrogen) atoms. The Balaban J connectivity index is 1.19. The van der Waals surface area contributed by atoms with E-state index >= 15 is 0 Å². The van der Waals surface area contributed by atoms with E-state index in [0.29, 0.717) is 22.3 Å². The van der Waals surface area contributed by atoms with Crippen LogP contribution in [0, 0.1) is 0 Å². The highest BCUT2D eigenvalue weighted by Crippen LogP contribution is 2.51. The van der Waals surface area contributed by atoms with Gasteiger partial charge < -0.3 is 4.57 Å². The topological polar surface area (TPSA) is 48.9 Å². The van der Waals surface area contributed by atoms with Crippen LogP contribution in [-0.4, -0.2) is 13.7 Å². The summed E-state index contributed by atoms with van der Waals surface area (Å²) in [5.41, 5.74) is 11.2. The number of hydrogen-bond donors (Lipinski definition) is 0. The molecule has 0 unspecified atom stereocenters. The summed E-state index contributed by atoms with van der Waals surface area (Å²) in [5, 5.41) is 2.82. The summed E-state index contributed by atoms with van der Waals surface area (Å²) >= 11 is 0. The quantitative estimate of drug-likeness (QED) is 0.187. The number of fused-ring (bicyclic) bond motifs is 7. The molecule has 0 aliphatic heterocycles. The molecule has 9 aromatic rings. The lowest BCUT2D eigenvalue weighted by molar-refractivity contribution is 0.661. The molecule has 0 fully saturated rings. The first-order valence-corrected chi connectivity index (χ1v) is 17.6. The summed E-state index contributed by atoms with van der Waals surface area (Å²) in [6.45, 7) is 4.61. The van der Waals surface area contributed by atoms with Gasteiger partial charge in [-0.3, -0.25) is 9.36 Å². The highest BCUT2D eigenvalue weighted by molar-refractivity contribution is 6.11. The van der Waals surface area contributed by atoms with Crippen LogP contribution in [0.1, 0.15) is 25.0 Å². The molecule has 1 aliphatic carbocycles. The Morgan fingerprint density at radius 1 is 0.404 bits per heavy atom. The van der Waals surface area contributed by atoms with Gasteiger partial charge in [0, 0.05) is 21.9 Å². The van der Waals surface area contributed by atoms with Crippen LogP contribution >= 0.6 is 0 Å². The predicted octanol–water partition coefficient (Wildman–Crippen LogP) is 10.2. The predicted molar refractivity (Wildman–Crippen MR) is 212 cm³/mol. The van der Waals surface area contributed by atoms with Crippen LogP contribution in [0.5, 0.6) is 0 Å². The fraction of sp³-hybridized carbons (Fsp3) is 0.0638. The molecule has 7 aromatic carbocycles. The molecule has 0 N–H and O–H groups in total. The smallest absolute Gasteiger partial charge is 0.309 e. The van der Waals surface area contributed by atoms with Crippen molar-refractivity contribution >= 4 is 32.7 Å². The Labute approximate surface area is 299 Å². The Morgan fingerprint density at radius 3 is 1.79 bits per heavy atom. The fourth-order valence-electron chi connectivity index (χ4n) is 8.38. The first-order chi connectivity index (χ1) is 25.4. The van der Waals surface area contributed by atoms with Crippen LogP contribution in [0.25, 0.3) is 72.0 Å². The molecule has 5 heteroatoms. The molecule has 0 radical (unpaired) electrons. The molecule has 2 heterocycles. The molecule has 5 nitrogen and oxygen atoms in total. The van der Waals surface area contributed by atoms with Gasteiger partial charge in [0.05, 0.1) is 33.3 Å². The van der Waals surface area contributed by atoms with E-state index in [4.69, 9.17) is 0 Å². The molecule has 0 bridgehead atoms. The largest absolute Gasteiger partial charge is 0.340 e. The van der Waals surface area contributed by atoms with Crippen molar-refractivity contribution in [2.75, 3.05) is 0 Å². The average Bonchev–Trinajstić information content (AvgIpc) is 3.63. The Kier molecular flexibility index (Phi) is 6.46. The molecular weight excluding hydrogens is 639 g/mol. The van der Waals surface area contributed by atoms with Crippen molar-refractivity contribution in [1.82, 2.24) is 13.7 Å². The maximum atomic E-state index is 14.6. The van der Waals surface area contributed by atoms with Crippen LogP contribution in [0.15, 0.2) is 173 Å². The molecule has 0 amide bonds. The van der Waals surface area contributed by atoms with Crippen LogP contribution in [0.4, 0.5) is 0 Å². The summed E-state index contributed by atoms with van der Waals surface area (Å²) in [4.78, 5) is 28.6. The van der Waals surface area contributed by atoms with Gasteiger partial charge in [-0.05, 0) is 94.0 Å². The first-order valence-electron chi connectivity index (χ1n) is 17.6. The van der Waals surface area contributed by atoms with Crippen molar-refractivity contribution in [1.29, 1.82) is 0 Å². The molecule has 248 valence electrons. The second-order valence-corrected chi connectivity index (χ2v) is 14.1. The van der Waals surface area contributed by atoms with Gasteiger partial charge in [-0.15, -0.1) is 0 Å². The summed E-state index contributed by atoms with van der Waals surface area (Å²) in [7, 11) is 0. The van der Waals surface area contributed by atoms with Crippen LogP contribution in [0.3, 0.4) is 0 Å². The molecule has 0 atom stereocenters. The lowest BCUT2D eigenvalue weighted by atomic mass is 9.82. The van der Waals surface area contributed by atoms with E-state index in [0.717, 1.165) is 27.8 Å². The maximum absolute atomic E-state index is 14.6. The molecule has 1 aliphatic rings. The van der Waals surface area contributed by atoms with Gasteiger partial charge >= 0.3 is 5.69 Å². The zero-order chi connectivity index (χ0) is 35.1. The number of aromatic nitrogens is 3. The van der Waals surface area contributed by atoms with E-state index in [2.05, 4.69) is 91.2 Å². The molecule has 2 aromatic heterocycles. The van der Waals surface area contributed by atoms with Crippen molar-refractivity contribution in [3.63, 3.8) is 0 Å². The van der Waals surface area contributed by atoms with E-state index in [1.165, 1.54) is 37.6 Å². The number of nitrogens with zero attached hydrogens (tertiary/aromatic N) is 3. The SMILES string of the molecule is CC1(C)c2ccccc2-c2cc3c4ccccc4n(-c4cccc(-n5c(=O)n(-c6ccc(-c7ccccc7)cc6)c(=O)c6ccccc65)c4)c3cc21. The van der Waals surface area contributed by atoms with Crippen molar-refractivity contribution in [3.8, 4) is 39.3 Å². The van der Waals surface area contributed by atoms with E-state index in [-0.39, 0.29) is 11.0 Å². The molecule has 0 saturated carbocycles. The average molecular weight is 672 g/mol. The zero-order valence-electron chi connectivity index (χ0n) is 28.7. The third-order valence-electron chi connectivity index (χ3n) is 10.9. The Morgan fingerprint density at radius 2 is 1.02 bits per heavy atom. The van der Waals surface area contributed by atoms with Gasteiger partial charge in [0.25, 0.3) is 5.56 Å². The molecule has 0 saturated heterocycles. The first kappa shape index (κ1) is 30.1. The minimum atomic E-state index is -0.423. The Bertz CT molecular complexity index is 3020. The van der Waals surface area contributed by atoms with Crippen molar-refractivity contribution in [3.05, 3.63) is 196 Å². The lowest BCUT2D eigenvalue weighted by Crippen LogP contribution is -2.38. The second kappa shape index (κ2) is 11.1. The molecular formula is C47H33N3O2. The summed E-state index contributed by atoms with van der Waals surface area (Å²) < 4.78 is 5.25.